The molecule has 0 aromatic rings. The molecule has 2 unspecified atom stereocenters. The smallest absolute Gasteiger partial charge is 0.0195 e. The maximum absolute atomic E-state index is 2.35. The van der Waals surface area contributed by atoms with Gasteiger partial charge in [-0.25, -0.2) is 0 Å². The van der Waals surface area contributed by atoms with E-state index in [2.05, 4.69) is 13.8 Å². The van der Waals surface area contributed by atoms with Crippen molar-refractivity contribution in [1.82, 2.24) is 0 Å². The largest absolute Gasteiger partial charge is 0.0707 e. The van der Waals surface area contributed by atoms with Gasteiger partial charge in [-0.1, -0.05) is 18.1 Å². The summed E-state index contributed by atoms with van der Waals surface area (Å²) in [5, 5.41) is 0. The highest BCUT2D eigenvalue weighted by molar-refractivity contribution is 5.27. The van der Waals surface area contributed by atoms with Gasteiger partial charge in [0.05, 0.1) is 0 Å². The molecule has 0 amide bonds. The van der Waals surface area contributed by atoms with E-state index in [4.69, 9.17) is 0 Å². The maximum atomic E-state index is 2.35. The highest BCUT2D eigenvalue weighted by Crippen LogP contribution is 2.49. The minimum absolute atomic E-state index is 1.000. The van der Waals surface area contributed by atoms with E-state index in [0.29, 0.717) is 0 Å². The lowest BCUT2D eigenvalue weighted by molar-refractivity contribution is 0.629. The summed E-state index contributed by atoms with van der Waals surface area (Å²) < 4.78 is 0. The summed E-state index contributed by atoms with van der Waals surface area (Å²) in [5.41, 5.74) is 3.55. The van der Waals surface area contributed by atoms with Gasteiger partial charge in [0, 0.05) is 0 Å². The Morgan fingerprint density at radius 2 is 2.00 bits per heavy atom. The molecule has 0 radical (unpaired) electrons. The number of hydrogen-bond acceptors (Lipinski definition) is 0. The van der Waals surface area contributed by atoms with Gasteiger partial charge >= 0.3 is 0 Å². The van der Waals surface area contributed by atoms with Gasteiger partial charge in [0.25, 0.3) is 0 Å². The molecule has 0 aromatic heterocycles. The molecule has 2 aliphatic rings. The SMILES string of the molecule is CCC1=C(C)C2CCC1C2. The summed E-state index contributed by atoms with van der Waals surface area (Å²) in [4.78, 5) is 0. The summed E-state index contributed by atoms with van der Waals surface area (Å²) in [6, 6.07) is 0. The predicted molar refractivity (Wildman–Crippen MR) is 43.8 cm³/mol. The lowest BCUT2D eigenvalue weighted by Crippen LogP contribution is -1.99. The monoisotopic (exact) mass is 136 g/mol. The minimum atomic E-state index is 1.000. The fourth-order valence-corrected chi connectivity index (χ4v) is 2.84. The van der Waals surface area contributed by atoms with Crippen LogP contribution in [0.15, 0.2) is 11.1 Å². The summed E-state index contributed by atoms with van der Waals surface area (Å²) in [5.74, 6) is 2.01. The van der Waals surface area contributed by atoms with Crippen LogP contribution in [0.2, 0.25) is 0 Å². The molecule has 2 bridgehead atoms. The fourth-order valence-electron chi connectivity index (χ4n) is 2.84. The van der Waals surface area contributed by atoms with Crippen LogP contribution in [0.3, 0.4) is 0 Å². The molecule has 0 heteroatoms. The van der Waals surface area contributed by atoms with E-state index in [9.17, 15) is 0 Å². The van der Waals surface area contributed by atoms with Crippen LogP contribution < -0.4 is 0 Å². The average Bonchev–Trinajstić information content (AvgIpc) is 2.46. The zero-order valence-corrected chi connectivity index (χ0v) is 6.98. The molecule has 56 valence electrons. The first-order chi connectivity index (χ1) is 4.83. The summed E-state index contributed by atoms with van der Waals surface area (Å²) in [6.45, 7) is 4.65. The molecular weight excluding hydrogens is 120 g/mol. The first kappa shape index (κ1) is 6.45. The van der Waals surface area contributed by atoms with Crippen LogP contribution in [0, 0.1) is 11.8 Å². The molecule has 0 heterocycles. The van der Waals surface area contributed by atoms with Crippen molar-refractivity contribution in [3.63, 3.8) is 0 Å². The number of rotatable bonds is 1. The normalized spacial score (nSPS) is 37.8. The quantitative estimate of drug-likeness (QED) is 0.486. The van der Waals surface area contributed by atoms with E-state index in [1.165, 1.54) is 25.7 Å². The van der Waals surface area contributed by atoms with Crippen molar-refractivity contribution in [3.8, 4) is 0 Å². The third-order valence-electron chi connectivity index (χ3n) is 3.43. The van der Waals surface area contributed by atoms with Crippen molar-refractivity contribution in [2.75, 3.05) is 0 Å². The van der Waals surface area contributed by atoms with Crippen LogP contribution in [0.25, 0.3) is 0 Å². The molecule has 1 saturated carbocycles. The standard InChI is InChI=1S/C10H16/c1-3-10-7(2)8-4-5-9(10)6-8/h8-9H,3-6H2,1-2H3. The van der Waals surface area contributed by atoms with Gasteiger partial charge in [0.1, 0.15) is 0 Å². The van der Waals surface area contributed by atoms with Crippen molar-refractivity contribution >= 4 is 0 Å². The van der Waals surface area contributed by atoms with Crippen molar-refractivity contribution in [3.05, 3.63) is 11.1 Å². The molecule has 1 fully saturated rings. The van der Waals surface area contributed by atoms with E-state index in [1.807, 2.05) is 0 Å². The average molecular weight is 136 g/mol. The van der Waals surface area contributed by atoms with E-state index in [-0.39, 0.29) is 0 Å². The zero-order valence-electron chi connectivity index (χ0n) is 6.98. The van der Waals surface area contributed by atoms with Gasteiger partial charge in [-0.3, -0.25) is 0 Å². The molecule has 0 aromatic carbocycles. The first-order valence-electron chi connectivity index (χ1n) is 4.52. The van der Waals surface area contributed by atoms with Crippen LogP contribution in [-0.2, 0) is 0 Å². The molecule has 0 aliphatic heterocycles. The van der Waals surface area contributed by atoms with Crippen LogP contribution in [-0.4, -0.2) is 0 Å². The number of allylic oxidation sites excluding steroid dienone is 2. The predicted octanol–water partition coefficient (Wildman–Crippen LogP) is 3.14. The van der Waals surface area contributed by atoms with Crippen LogP contribution >= 0.6 is 0 Å². The Labute approximate surface area is 63.3 Å². The van der Waals surface area contributed by atoms with Crippen molar-refractivity contribution in [1.29, 1.82) is 0 Å². The molecule has 2 atom stereocenters. The van der Waals surface area contributed by atoms with Gasteiger partial charge in [-0.2, -0.15) is 0 Å². The lowest BCUT2D eigenvalue weighted by Gasteiger charge is -2.14. The first-order valence-corrected chi connectivity index (χ1v) is 4.52. The molecule has 0 spiro atoms. The van der Waals surface area contributed by atoms with Crippen molar-refractivity contribution in [2.45, 2.75) is 39.5 Å². The third-order valence-corrected chi connectivity index (χ3v) is 3.43. The third kappa shape index (κ3) is 0.680. The molecule has 0 saturated heterocycles. The number of fused-ring (bicyclic) bond motifs is 2. The summed E-state index contributed by atoms with van der Waals surface area (Å²) in [6.07, 6.45) is 5.78. The van der Waals surface area contributed by atoms with Gasteiger partial charge in [0.15, 0.2) is 0 Å². The second kappa shape index (κ2) is 2.11. The van der Waals surface area contributed by atoms with Crippen LogP contribution in [0.1, 0.15) is 39.5 Å². The van der Waals surface area contributed by atoms with Gasteiger partial charge in [-0.05, 0) is 44.4 Å². The molecule has 0 N–H and O–H groups in total. The molecule has 2 rings (SSSR count). The minimum Gasteiger partial charge on any atom is -0.0707 e. The summed E-state index contributed by atoms with van der Waals surface area (Å²) >= 11 is 0. The van der Waals surface area contributed by atoms with Gasteiger partial charge in [-0.15, -0.1) is 0 Å². The summed E-state index contributed by atoms with van der Waals surface area (Å²) in [7, 11) is 0. The van der Waals surface area contributed by atoms with Gasteiger partial charge in [0.2, 0.25) is 0 Å². The zero-order chi connectivity index (χ0) is 7.14. The highest BCUT2D eigenvalue weighted by atomic mass is 14.4. The van der Waals surface area contributed by atoms with Crippen molar-refractivity contribution < 1.29 is 0 Å². The Bertz CT molecular complexity index is 176. The number of hydrogen-bond donors (Lipinski definition) is 0. The Hall–Kier alpha value is -0.260. The Morgan fingerprint density at radius 1 is 1.30 bits per heavy atom. The van der Waals surface area contributed by atoms with E-state index in [0.717, 1.165) is 11.8 Å². The Kier molecular flexibility index (Phi) is 1.36. The molecular formula is C10H16. The van der Waals surface area contributed by atoms with Gasteiger partial charge < -0.3 is 0 Å². The van der Waals surface area contributed by atoms with E-state index < -0.39 is 0 Å². The molecule has 10 heavy (non-hydrogen) atoms. The lowest BCUT2D eigenvalue weighted by atomic mass is 9.91. The van der Waals surface area contributed by atoms with E-state index >= 15 is 0 Å². The Balaban J connectivity index is 2.29. The van der Waals surface area contributed by atoms with E-state index in [1.54, 1.807) is 11.1 Å². The fraction of sp³-hybridized carbons (Fsp3) is 0.800. The van der Waals surface area contributed by atoms with Crippen LogP contribution in [0.4, 0.5) is 0 Å². The maximum Gasteiger partial charge on any atom is -0.0195 e. The Morgan fingerprint density at radius 3 is 2.40 bits per heavy atom. The van der Waals surface area contributed by atoms with Crippen LogP contribution in [0.5, 0.6) is 0 Å². The van der Waals surface area contributed by atoms with Crippen molar-refractivity contribution in [2.24, 2.45) is 11.8 Å². The molecule has 0 nitrogen and oxygen atoms in total. The topological polar surface area (TPSA) is 0 Å². The second-order valence-corrected chi connectivity index (χ2v) is 3.77. The second-order valence-electron chi connectivity index (χ2n) is 3.77. The molecule has 2 aliphatic carbocycles. The highest BCUT2D eigenvalue weighted by Gasteiger charge is 2.35.